The van der Waals surface area contributed by atoms with Gasteiger partial charge in [-0.25, -0.2) is 9.55 Å². The molecule has 0 aromatic carbocycles. The van der Waals surface area contributed by atoms with E-state index in [1.54, 1.807) is 12.5 Å². The number of nitrogens with zero attached hydrogens (tertiary/aromatic N) is 1. The van der Waals surface area contributed by atoms with Crippen LogP contribution in [0, 0.1) is 0 Å². The molecule has 1 aromatic rings. The molecule has 7 heavy (non-hydrogen) atoms. The number of halogens is 1. The number of rotatable bonds is 0. The van der Waals surface area contributed by atoms with Crippen molar-refractivity contribution in [2.75, 3.05) is 0 Å². The molecule has 38 valence electrons. The van der Waals surface area contributed by atoms with Gasteiger partial charge in [0.15, 0.2) is 0 Å². The van der Waals surface area contributed by atoms with Gasteiger partial charge in [0, 0.05) is 0 Å². The first kappa shape index (κ1) is 4.65. The Morgan fingerprint density at radius 3 is 2.71 bits per heavy atom. The number of aryl methyl sites for hydroxylation is 1. The summed E-state index contributed by atoms with van der Waals surface area (Å²) in [5, 5.41) is 0.669. The Kier molecular flexibility index (Phi) is 1.02. The molecule has 0 aliphatic heterocycles. The van der Waals surface area contributed by atoms with Gasteiger partial charge >= 0.3 is 0 Å². The highest BCUT2D eigenvalue weighted by molar-refractivity contribution is 6.29. The Morgan fingerprint density at radius 1 is 1.86 bits per heavy atom. The van der Waals surface area contributed by atoms with Crippen LogP contribution in [0.4, 0.5) is 0 Å². The zero-order valence-corrected chi connectivity index (χ0v) is 4.74. The van der Waals surface area contributed by atoms with E-state index in [0.29, 0.717) is 5.15 Å². The molecule has 0 spiro atoms. The molecule has 3 heteroatoms. The minimum absolute atomic E-state index is 0.669. The lowest BCUT2D eigenvalue weighted by atomic mass is 10.9. The van der Waals surface area contributed by atoms with Gasteiger partial charge in [0.2, 0.25) is 11.5 Å². The number of hydrogen-bond acceptors (Lipinski definition) is 0. The zero-order chi connectivity index (χ0) is 5.28. The van der Waals surface area contributed by atoms with E-state index in [4.69, 9.17) is 11.6 Å². The van der Waals surface area contributed by atoms with E-state index in [2.05, 4.69) is 4.98 Å². The summed E-state index contributed by atoms with van der Waals surface area (Å²) in [7, 11) is 1.91. The lowest BCUT2D eigenvalue weighted by molar-refractivity contribution is -0.670. The highest BCUT2D eigenvalue weighted by Gasteiger charge is 1.92. The topological polar surface area (TPSA) is 19.7 Å². The molecule has 0 saturated carbocycles. The third kappa shape index (κ3) is 0.933. The summed E-state index contributed by atoms with van der Waals surface area (Å²) in [6.45, 7) is 0. The summed E-state index contributed by atoms with van der Waals surface area (Å²) < 4.78 is 1.85. The number of imidazole rings is 1. The Hall–Kier alpha value is -0.500. The SMILES string of the molecule is C[n+]1c[nH]c(Cl)c1. The molecular formula is C4H6ClN2+. The van der Waals surface area contributed by atoms with Crippen molar-refractivity contribution in [2.24, 2.45) is 7.05 Å². The maximum absolute atomic E-state index is 5.48. The molecule has 1 rings (SSSR count). The summed E-state index contributed by atoms with van der Waals surface area (Å²) in [5.41, 5.74) is 0. The van der Waals surface area contributed by atoms with Crippen LogP contribution in [0.2, 0.25) is 5.15 Å². The van der Waals surface area contributed by atoms with Gasteiger partial charge in [-0.1, -0.05) is 0 Å². The van der Waals surface area contributed by atoms with Crippen molar-refractivity contribution in [3.8, 4) is 0 Å². The monoisotopic (exact) mass is 117 g/mol. The molecule has 0 aliphatic carbocycles. The average Bonchev–Trinajstić information content (AvgIpc) is 1.87. The molecule has 1 aromatic heterocycles. The molecule has 0 amide bonds. The molecule has 0 saturated heterocycles. The standard InChI is InChI=1S/C4H5ClN2/c1-7-2-4(5)6-3-7/h2-3H,1H3/p+1. The fourth-order valence-corrected chi connectivity index (χ4v) is 0.620. The van der Waals surface area contributed by atoms with E-state index in [1.807, 2.05) is 11.6 Å². The normalized spacial score (nSPS) is 9.43. The minimum Gasteiger partial charge on any atom is -0.238 e. The third-order valence-corrected chi connectivity index (χ3v) is 0.930. The first-order valence-electron chi connectivity index (χ1n) is 1.98. The van der Waals surface area contributed by atoms with Crippen molar-refractivity contribution >= 4 is 11.6 Å². The van der Waals surface area contributed by atoms with Crippen molar-refractivity contribution < 1.29 is 4.57 Å². The van der Waals surface area contributed by atoms with Crippen molar-refractivity contribution in [1.29, 1.82) is 0 Å². The number of H-pyrrole nitrogens is 1. The van der Waals surface area contributed by atoms with Gasteiger partial charge < -0.3 is 0 Å². The van der Waals surface area contributed by atoms with E-state index in [9.17, 15) is 0 Å². The number of aromatic nitrogens is 2. The van der Waals surface area contributed by atoms with E-state index < -0.39 is 0 Å². The van der Waals surface area contributed by atoms with Crippen LogP contribution in [0.1, 0.15) is 0 Å². The average molecular weight is 118 g/mol. The molecule has 0 radical (unpaired) electrons. The molecule has 0 fully saturated rings. The van der Waals surface area contributed by atoms with Gasteiger partial charge in [-0.3, -0.25) is 0 Å². The second kappa shape index (κ2) is 1.54. The maximum atomic E-state index is 5.48. The van der Waals surface area contributed by atoms with Crippen LogP contribution < -0.4 is 4.57 Å². The van der Waals surface area contributed by atoms with Gasteiger partial charge in [0.05, 0.1) is 7.05 Å². The van der Waals surface area contributed by atoms with Crippen LogP contribution in [-0.4, -0.2) is 4.98 Å². The van der Waals surface area contributed by atoms with E-state index in [-0.39, 0.29) is 0 Å². The first-order chi connectivity index (χ1) is 3.29. The molecule has 2 nitrogen and oxygen atoms in total. The van der Waals surface area contributed by atoms with Crippen LogP contribution in [0.5, 0.6) is 0 Å². The quantitative estimate of drug-likeness (QED) is 0.478. The smallest absolute Gasteiger partial charge is 0.238 e. The molecule has 1 N–H and O–H groups in total. The van der Waals surface area contributed by atoms with Crippen LogP contribution in [0.15, 0.2) is 12.5 Å². The Labute approximate surface area is 46.7 Å². The summed E-state index contributed by atoms with van der Waals surface area (Å²) in [5.74, 6) is 0. The first-order valence-corrected chi connectivity index (χ1v) is 2.36. The fraction of sp³-hybridized carbons (Fsp3) is 0.250. The van der Waals surface area contributed by atoms with Gasteiger partial charge in [0.25, 0.3) is 0 Å². The van der Waals surface area contributed by atoms with E-state index in [0.717, 1.165) is 0 Å². The third-order valence-electron chi connectivity index (χ3n) is 0.723. The lowest BCUT2D eigenvalue weighted by Crippen LogP contribution is -2.22. The highest BCUT2D eigenvalue weighted by atomic mass is 35.5. The summed E-state index contributed by atoms with van der Waals surface area (Å²) >= 11 is 5.48. The van der Waals surface area contributed by atoms with Gasteiger partial charge in [-0.15, -0.1) is 0 Å². The van der Waals surface area contributed by atoms with Crippen LogP contribution in [-0.2, 0) is 7.05 Å². The summed E-state index contributed by atoms with van der Waals surface area (Å²) in [6, 6.07) is 0. The molecule has 0 aliphatic rings. The van der Waals surface area contributed by atoms with E-state index >= 15 is 0 Å². The Morgan fingerprint density at radius 2 is 2.57 bits per heavy atom. The molecule has 0 atom stereocenters. The number of hydrogen-bond donors (Lipinski definition) is 1. The lowest BCUT2D eigenvalue weighted by Gasteiger charge is -1.67. The van der Waals surface area contributed by atoms with Crippen molar-refractivity contribution in [3.63, 3.8) is 0 Å². The van der Waals surface area contributed by atoms with Crippen LogP contribution >= 0.6 is 11.6 Å². The molecular weight excluding hydrogens is 112 g/mol. The van der Waals surface area contributed by atoms with E-state index in [1.165, 1.54) is 0 Å². The van der Waals surface area contributed by atoms with Crippen molar-refractivity contribution in [3.05, 3.63) is 17.7 Å². The van der Waals surface area contributed by atoms with Crippen molar-refractivity contribution in [1.82, 2.24) is 4.98 Å². The largest absolute Gasteiger partial charge is 0.242 e. The summed E-state index contributed by atoms with van der Waals surface area (Å²) in [4.78, 5) is 2.80. The zero-order valence-electron chi connectivity index (χ0n) is 3.98. The predicted octanol–water partition coefficient (Wildman–Crippen LogP) is 0.493. The summed E-state index contributed by atoms with van der Waals surface area (Å²) in [6.07, 6.45) is 3.57. The number of nitrogens with one attached hydrogen (secondary N) is 1. The maximum Gasteiger partial charge on any atom is 0.242 e. The molecule has 1 heterocycles. The van der Waals surface area contributed by atoms with Crippen molar-refractivity contribution in [2.45, 2.75) is 0 Å². The number of aromatic amines is 1. The van der Waals surface area contributed by atoms with Crippen LogP contribution in [0.3, 0.4) is 0 Å². The molecule has 0 unspecified atom stereocenters. The molecule has 0 bridgehead atoms. The minimum atomic E-state index is 0.669. The highest BCUT2D eigenvalue weighted by Crippen LogP contribution is 1.94. The van der Waals surface area contributed by atoms with Gasteiger partial charge in [0.1, 0.15) is 6.20 Å². The van der Waals surface area contributed by atoms with Crippen LogP contribution in [0.25, 0.3) is 0 Å². The fourth-order valence-electron chi connectivity index (χ4n) is 0.417. The Balaban J connectivity index is 3.04. The predicted molar refractivity (Wildman–Crippen MR) is 27.0 cm³/mol. The van der Waals surface area contributed by atoms with Gasteiger partial charge in [-0.05, 0) is 11.6 Å². The second-order valence-corrected chi connectivity index (χ2v) is 1.82. The van der Waals surface area contributed by atoms with Gasteiger partial charge in [-0.2, -0.15) is 0 Å². The second-order valence-electron chi connectivity index (χ2n) is 1.42. The Bertz CT molecular complexity index is 142.